The lowest BCUT2D eigenvalue weighted by molar-refractivity contribution is -0.146. The average Bonchev–Trinajstić information content (AvgIpc) is 3.28. The van der Waals surface area contributed by atoms with Crippen LogP contribution in [0.25, 0.3) is 11.1 Å². The summed E-state index contributed by atoms with van der Waals surface area (Å²) in [6.45, 7) is 2.22. The molecule has 33 heavy (non-hydrogen) atoms. The van der Waals surface area contributed by atoms with E-state index in [1.807, 2.05) is 36.4 Å². The molecule has 168 valence electrons. The summed E-state index contributed by atoms with van der Waals surface area (Å²) in [5.41, 5.74) is 5.03. The van der Waals surface area contributed by atoms with Crippen molar-refractivity contribution in [2.75, 3.05) is 25.0 Å². The fourth-order valence-corrected chi connectivity index (χ4v) is 5.23. The first kappa shape index (κ1) is 21.1. The van der Waals surface area contributed by atoms with E-state index in [1.165, 1.54) is 4.90 Å². The molecule has 2 aliphatic rings. The van der Waals surface area contributed by atoms with E-state index >= 15 is 0 Å². The van der Waals surface area contributed by atoms with Crippen LogP contribution in [0.2, 0.25) is 0 Å². The second-order valence-corrected chi connectivity index (χ2v) is 9.13. The molecule has 2 aromatic carbocycles. The van der Waals surface area contributed by atoms with Crippen molar-refractivity contribution in [1.29, 1.82) is 0 Å². The van der Waals surface area contributed by atoms with Gasteiger partial charge in [0.25, 0.3) is 5.91 Å². The molecule has 9 heteroatoms. The molecule has 0 bridgehead atoms. The average molecular weight is 464 g/mol. The number of amides is 2. The summed E-state index contributed by atoms with van der Waals surface area (Å²) in [5.74, 6) is -1.76. The van der Waals surface area contributed by atoms with Gasteiger partial charge in [-0.2, -0.15) is 0 Å². The Morgan fingerprint density at radius 2 is 1.70 bits per heavy atom. The Morgan fingerprint density at radius 3 is 2.30 bits per heavy atom. The van der Waals surface area contributed by atoms with E-state index in [1.54, 1.807) is 6.92 Å². The molecule has 1 fully saturated rings. The highest BCUT2D eigenvalue weighted by Crippen LogP contribution is 2.44. The highest BCUT2D eigenvalue weighted by molar-refractivity contribution is 7.17. The number of aliphatic carboxylic acids is 1. The number of rotatable bonds is 5. The van der Waals surface area contributed by atoms with E-state index in [0.29, 0.717) is 10.6 Å². The van der Waals surface area contributed by atoms with Crippen molar-refractivity contribution in [3.05, 3.63) is 70.2 Å². The monoisotopic (exact) mass is 463 g/mol. The van der Waals surface area contributed by atoms with Gasteiger partial charge in [0.15, 0.2) is 5.13 Å². The number of carbonyl (C=O) groups excluding carboxylic acids is 2. The number of aryl methyl sites for hydroxylation is 1. The van der Waals surface area contributed by atoms with Crippen molar-refractivity contribution in [3.63, 3.8) is 0 Å². The number of benzene rings is 2. The minimum atomic E-state index is -0.905. The molecule has 1 aromatic heterocycles. The third-order valence-electron chi connectivity index (χ3n) is 6.06. The van der Waals surface area contributed by atoms with E-state index in [2.05, 4.69) is 22.4 Å². The summed E-state index contributed by atoms with van der Waals surface area (Å²) in [6.07, 6.45) is -0.639. The van der Waals surface area contributed by atoms with Gasteiger partial charge >= 0.3 is 12.1 Å². The van der Waals surface area contributed by atoms with Crippen molar-refractivity contribution >= 4 is 34.4 Å². The summed E-state index contributed by atoms with van der Waals surface area (Å²) in [7, 11) is 0. The van der Waals surface area contributed by atoms with Crippen molar-refractivity contribution in [2.24, 2.45) is 5.92 Å². The van der Waals surface area contributed by atoms with Crippen molar-refractivity contribution in [3.8, 4) is 11.1 Å². The zero-order valence-corrected chi connectivity index (χ0v) is 18.6. The van der Waals surface area contributed by atoms with Crippen LogP contribution >= 0.6 is 11.3 Å². The van der Waals surface area contributed by atoms with Crippen molar-refractivity contribution < 1.29 is 24.2 Å². The topological polar surface area (TPSA) is 109 Å². The number of aromatic nitrogens is 1. The fraction of sp³-hybridized carbons (Fsp3) is 0.250. The highest BCUT2D eigenvalue weighted by atomic mass is 32.1. The maximum Gasteiger partial charge on any atom is 0.413 e. The maximum absolute atomic E-state index is 12.6. The van der Waals surface area contributed by atoms with Gasteiger partial charge in [-0.25, -0.2) is 9.78 Å². The number of thiazole rings is 1. The van der Waals surface area contributed by atoms with Gasteiger partial charge in [0, 0.05) is 19.0 Å². The number of anilines is 1. The van der Waals surface area contributed by atoms with Crippen LogP contribution in [0.3, 0.4) is 0 Å². The second-order valence-electron chi connectivity index (χ2n) is 8.13. The summed E-state index contributed by atoms with van der Waals surface area (Å²) in [4.78, 5) is 42.2. The van der Waals surface area contributed by atoms with Gasteiger partial charge in [0.05, 0.1) is 11.6 Å². The molecule has 2 heterocycles. The molecule has 0 spiro atoms. The first-order valence-corrected chi connectivity index (χ1v) is 11.4. The first-order chi connectivity index (χ1) is 15.9. The van der Waals surface area contributed by atoms with Gasteiger partial charge in [-0.05, 0) is 29.2 Å². The van der Waals surface area contributed by atoms with Crippen LogP contribution in [0, 0.1) is 12.8 Å². The lowest BCUT2D eigenvalue weighted by Crippen LogP contribution is -2.52. The summed E-state index contributed by atoms with van der Waals surface area (Å²) in [5, 5.41) is 11.9. The summed E-state index contributed by atoms with van der Waals surface area (Å²) in [6, 6.07) is 16.2. The molecule has 5 rings (SSSR count). The Kier molecular flexibility index (Phi) is 5.33. The van der Waals surface area contributed by atoms with E-state index in [0.717, 1.165) is 33.6 Å². The van der Waals surface area contributed by atoms with Gasteiger partial charge in [0.1, 0.15) is 11.5 Å². The Labute approximate surface area is 193 Å². The second kappa shape index (κ2) is 8.32. The Hall–Kier alpha value is -3.72. The predicted octanol–water partition coefficient (Wildman–Crippen LogP) is 3.97. The molecule has 8 nitrogen and oxygen atoms in total. The third-order valence-corrected chi connectivity index (χ3v) is 7.12. The summed E-state index contributed by atoms with van der Waals surface area (Å²) >= 11 is 1.06. The smallest absolute Gasteiger partial charge is 0.413 e. The van der Waals surface area contributed by atoms with E-state index < -0.39 is 18.0 Å². The third kappa shape index (κ3) is 3.84. The predicted molar refractivity (Wildman–Crippen MR) is 123 cm³/mol. The molecule has 2 amide bonds. The first-order valence-electron chi connectivity index (χ1n) is 10.5. The number of nitrogens with zero attached hydrogens (tertiary/aromatic N) is 2. The lowest BCUT2D eigenvalue weighted by atomic mass is 9.98. The Morgan fingerprint density at radius 1 is 1.09 bits per heavy atom. The Bertz CT molecular complexity index is 1220. The summed E-state index contributed by atoms with van der Waals surface area (Å²) < 4.78 is 5.53. The molecule has 0 saturated carbocycles. The highest BCUT2D eigenvalue weighted by Gasteiger charge is 2.37. The Balaban J connectivity index is 1.23. The number of fused-ring (bicyclic) bond motifs is 3. The van der Waals surface area contributed by atoms with Crippen LogP contribution in [-0.2, 0) is 9.53 Å². The SMILES string of the molecule is Cc1nc(NC(=O)OCC2c3ccccc3-c3ccccc32)sc1C(=O)N1CC(C(=O)O)C1. The fourth-order valence-electron chi connectivity index (χ4n) is 4.31. The van der Waals surface area contributed by atoms with Crippen LogP contribution in [0.4, 0.5) is 9.93 Å². The van der Waals surface area contributed by atoms with Gasteiger partial charge in [-0.1, -0.05) is 59.9 Å². The molecule has 0 unspecified atom stereocenters. The standard InChI is InChI=1S/C24H21N3O5S/c1-13-20(21(28)27-10-14(11-27)22(29)30)33-23(25-13)26-24(31)32-12-19-17-8-4-2-6-15(17)16-7-3-5-9-18(16)19/h2-9,14,19H,10-12H2,1H3,(H,29,30)(H,25,26,31). The van der Waals surface area contributed by atoms with E-state index in [4.69, 9.17) is 9.84 Å². The molecule has 2 N–H and O–H groups in total. The number of hydrogen-bond donors (Lipinski definition) is 2. The van der Waals surface area contributed by atoms with Gasteiger partial charge in [0.2, 0.25) is 0 Å². The molecule has 3 aromatic rings. The molecule has 1 saturated heterocycles. The number of carbonyl (C=O) groups is 3. The van der Waals surface area contributed by atoms with Crippen molar-refractivity contribution in [2.45, 2.75) is 12.8 Å². The van der Waals surface area contributed by atoms with Crippen molar-refractivity contribution in [1.82, 2.24) is 9.88 Å². The lowest BCUT2D eigenvalue weighted by Gasteiger charge is -2.36. The molecule has 1 aliphatic carbocycles. The van der Waals surface area contributed by atoms with Crippen LogP contribution < -0.4 is 5.32 Å². The van der Waals surface area contributed by atoms with E-state index in [-0.39, 0.29) is 36.7 Å². The van der Waals surface area contributed by atoms with Crippen LogP contribution in [0.1, 0.15) is 32.4 Å². The van der Waals surface area contributed by atoms with Gasteiger partial charge < -0.3 is 14.7 Å². The molecular weight excluding hydrogens is 442 g/mol. The minimum absolute atomic E-state index is 0.0492. The number of ether oxygens (including phenoxy) is 1. The minimum Gasteiger partial charge on any atom is -0.481 e. The number of likely N-dealkylation sites (tertiary alicyclic amines) is 1. The largest absolute Gasteiger partial charge is 0.481 e. The zero-order chi connectivity index (χ0) is 23.1. The number of nitrogens with one attached hydrogen (secondary N) is 1. The molecule has 0 radical (unpaired) electrons. The van der Waals surface area contributed by atoms with E-state index in [9.17, 15) is 14.4 Å². The number of carboxylic acid groups (broad SMARTS) is 1. The number of hydrogen-bond acceptors (Lipinski definition) is 6. The zero-order valence-electron chi connectivity index (χ0n) is 17.8. The van der Waals surface area contributed by atoms with Gasteiger partial charge in [-0.15, -0.1) is 0 Å². The molecular formula is C24H21N3O5S. The van der Waals surface area contributed by atoms with Crippen LogP contribution in [0.15, 0.2) is 48.5 Å². The van der Waals surface area contributed by atoms with Gasteiger partial charge in [-0.3, -0.25) is 14.9 Å². The quantitative estimate of drug-likeness (QED) is 0.593. The molecule has 1 aliphatic heterocycles. The molecule has 0 atom stereocenters. The normalized spacial score (nSPS) is 14.9. The number of carboxylic acids is 1. The van der Waals surface area contributed by atoms with Crippen LogP contribution in [-0.4, -0.2) is 52.7 Å². The maximum atomic E-state index is 12.6. The van der Waals surface area contributed by atoms with Crippen LogP contribution in [0.5, 0.6) is 0 Å².